The zero-order valence-corrected chi connectivity index (χ0v) is 11.1. The first-order chi connectivity index (χ1) is 10.4. The minimum atomic E-state index is -4.62. The van der Waals surface area contributed by atoms with Gasteiger partial charge < -0.3 is 9.15 Å². The van der Waals surface area contributed by atoms with E-state index in [4.69, 9.17) is 9.15 Å². The van der Waals surface area contributed by atoms with E-state index in [0.717, 1.165) is 6.07 Å². The van der Waals surface area contributed by atoms with Crippen molar-refractivity contribution in [3.05, 3.63) is 40.6 Å². The van der Waals surface area contributed by atoms with Gasteiger partial charge in [-0.25, -0.2) is 14.8 Å². The van der Waals surface area contributed by atoms with E-state index < -0.39 is 23.0 Å². The third-order valence-electron chi connectivity index (χ3n) is 3.00. The Bertz CT molecular complexity index is 881. The van der Waals surface area contributed by atoms with E-state index in [-0.39, 0.29) is 22.7 Å². The molecular formula is C13H8F3N3O3. The fourth-order valence-electron chi connectivity index (χ4n) is 2.03. The number of benzene rings is 1. The van der Waals surface area contributed by atoms with Crippen LogP contribution in [0.3, 0.4) is 0 Å². The molecular weight excluding hydrogens is 303 g/mol. The third kappa shape index (κ3) is 2.30. The zero-order valence-electron chi connectivity index (χ0n) is 11.1. The predicted molar refractivity (Wildman–Crippen MR) is 69.4 cm³/mol. The van der Waals surface area contributed by atoms with Gasteiger partial charge in [-0.1, -0.05) is 0 Å². The largest absolute Gasteiger partial charge is 0.480 e. The summed E-state index contributed by atoms with van der Waals surface area (Å²) in [6.45, 7) is 0. The first kappa shape index (κ1) is 14.1. The number of hydrogen-bond acceptors (Lipinski definition) is 5. The second kappa shape index (κ2) is 4.86. The molecule has 0 amide bonds. The fourth-order valence-corrected chi connectivity index (χ4v) is 2.03. The summed E-state index contributed by atoms with van der Waals surface area (Å²) in [5.74, 6) is -0.725. The number of H-pyrrole nitrogens is 1. The summed E-state index contributed by atoms with van der Waals surface area (Å²) in [6, 6.07) is 2.04. The van der Waals surface area contributed by atoms with Gasteiger partial charge in [0.25, 0.3) is 0 Å². The van der Waals surface area contributed by atoms with Crippen LogP contribution in [0.2, 0.25) is 0 Å². The number of halogens is 3. The van der Waals surface area contributed by atoms with E-state index in [1.807, 2.05) is 0 Å². The van der Waals surface area contributed by atoms with Crippen LogP contribution in [0.15, 0.2) is 33.7 Å². The summed E-state index contributed by atoms with van der Waals surface area (Å²) in [6.07, 6.45) is -1.99. The highest BCUT2D eigenvalue weighted by atomic mass is 19.4. The smallest absolute Gasteiger partial charge is 0.418 e. The van der Waals surface area contributed by atoms with Crippen LogP contribution >= 0.6 is 0 Å². The summed E-state index contributed by atoms with van der Waals surface area (Å²) in [7, 11) is 1.41. The van der Waals surface area contributed by atoms with Crippen molar-refractivity contribution in [2.24, 2.45) is 0 Å². The van der Waals surface area contributed by atoms with Crippen LogP contribution in [0.1, 0.15) is 5.56 Å². The summed E-state index contributed by atoms with van der Waals surface area (Å²) < 4.78 is 48.5. The molecule has 6 nitrogen and oxygen atoms in total. The van der Waals surface area contributed by atoms with Crippen LogP contribution in [0.25, 0.3) is 22.4 Å². The van der Waals surface area contributed by atoms with E-state index in [2.05, 4.69) is 15.0 Å². The monoisotopic (exact) mass is 311 g/mol. The van der Waals surface area contributed by atoms with Crippen molar-refractivity contribution in [2.45, 2.75) is 6.18 Å². The minimum Gasteiger partial charge on any atom is -0.480 e. The quantitative estimate of drug-likeness (QED) is 0.787. The van der Waals surface area contributed by atoms with Gasteiger partial charge in [-0.05, 0) is 12.1 Å². The molecule has 0 aliphatic carbocycles. The first-order valence-corrected chi connectivity index (χ1v) is 5.99. The number of oxazole rings is 1. The van der Waals surface area contributed by atoms with Crippen molar-refractivity contribution in [3.63, 3.8) is 0 Å². The van der Waals surface area contributed by atoms with Crippen molar-refractivity contribution in [3.8, 4) is 17.1 Å². The second-order valence-electron chi connectivity index (χ2n) is 4.32. The number of hydrogen-bond donors (Lipinski definition) is 1. The van der Waals surface area contributed by atoms with Gasteiger partial charge in [0, 0.05) is 5.56 Å². The summed E-state index contributed by atoms with van der Waals surface area (Å²) >= 11 is 0. The summed E-state index contributed by atoms with van der Waals surface area (Å²) in [4.78, 5) is 21.3. The van der Waals surface area contributed by atoms with Crippen LogP contribution in [-0.2, 0) is 6.18 Å². The molecule has 9 heteroatoms. The number of aromatic nitrogens is 3. The molecule has 0 aliphatic heterocycles. The molecule has 0 atom stereocenters. The fraction of sp³-hybridized carbons (Fsp3) is 0.154. The second-order valence-corrected chi connectivity index (χ2v) is 4.32. The van der Waals surface area contributed by atoms with E-state index >= 15 is 0 Å². The Morgan fingerprint density at radius 3 is 2.59 bits per heavy atom. The molecule has 0 saturated heterocycles. The molecule has 0 radical (unpaired) electrons. The number of alkyl halides is 3. The van der Waals surface area contributed by atoms with Crippen molar-refractivity contribution < 1.29 is 22.3 Å². The van der Waals surface area contributed by atoms with Crippen molar-refractivity contribution in [1.29, 1.82) is 0 Å². The Morgan fingerprint density at radius 1 is 1.23 bits per heavy atom. The van der Waals surface area contributed by atoms with E-state index in [9.17, 15) is 18.0 Å². The highest BCUT2D eigenvalue weighted by molar-refractivity contribution is 5.91. The highest BCUT2D eigenvalue weighted by Crippen LogP contribution is 2.37. The molecule has 2 heterocycles. The maximum atomic E-state index is 13.0. The van der Waals surface area contributed by atoms with Gasteiger partial charge in [0.2, 0.25) is 5.88 Å². The van der Waals surface area contributed by atoms with E-state index in [1.165, 1.54) is 25.6 Å². The Morgan fingerprint density at radius 2 is 2.00 bits per heavy atom. The molecule has 22 heavy (non-hydrogen) atoms. The number of methoxy groups -OCH3 is 1. The molecule has 0 bridgehead atoms. The lowest BCUT2D eigenvalue weighted by atomic mass is 10.1. The van der Waals surface area contributed by atoms with Crippen LogP contribution < -0.4 is 10.5 Å². The van der Waals surface area contributed by atoms with Gasteiger partial charge in [-0.2, -0.15) is 13.2 Å². The molecule has 3 aromatic rings. The number of fused-ring (bicyclic) bond motifs is 1. The van der Waals surface area contributed by atoms with Gasteiger partial charge in [-0.3, -0.25) is 4.98 Å². The van der Waals surface area contributed by atoms with E-state index in [1.54, 1.807) is 0 Å². The minimum absolute atomic E-state index is 0.219. The molecule has 2 aromatic heterocycles. The molecule has 0 unspecified atom stereocenters. The SMILES string of the molecule is COc1cnc(-c2ccc(C(F)(F)F)c3[nH]c(=O)oc23)cn1. The van der Waals surface area contributed by atoms with Gasteiger partial charge >= 0.3 is 11.9 Å². The van der Waals surface area contributed by atoms with Crippen LogP contribution in [-0.4, -0.2) is 22.1 Å². The normalized spacial score (nSPS) is 11.8. The number of aromatic amines is 1. The molecule has 114 valence electrons. The maximum Gasteiger partial charge on any atom is 0.418 e. The lowest BCUT2D eigenvalue weighted by molar-refractivity contribution is -0.136. The standard InChI is InChI=1S/C13H8F3N3O3/c1-21-9-5-17-8(4-18-9)6-2-3-7(13(14,15)16)10-11(6)22-12(20)19-10/h2-5H,1H3,(H,19,20). The average Bonchev–Trinajstić information content (AvgIpc) is 2.86. The van der Waals surface area contributed by atoms with Gasteiger partial charge in [0.05, 0.1) is 30.8 Å². The molecule has 0 fully saturated rings. The molecule has 0 aliphatic rings. The van der Waals surface area contributed by atoms with E-state index in [0.29, 0.717) is 0 Å². The Balaban J connectivity index is 2.25. The number of rotatable bonds is 2. The van der Waals surface area contributed by atoms with Gasteiger partial charge in [0.1, 0.15) is 5.52 Å². The van der Waals surface area contributed by atoms with Gasteiger partial charge in [0.15, 0.2) is 5.58 Å². The predicted octanol–water partition coefficient (Wildman–Crippen LogP) is 2.61. The summed E-state index contributed by atoms with van der Waals surface area (Å²) in [5.41, 5.74) is -1.16. The van der Waals surface area contributed by atoms with Crippen molar-refractivity contribution in [2.75, 3.05) is 7.11 Å². The highest BCUT2D eigenvalue weighted by Gasteiger charge is 2.34. The Labute approximate surface area is 120 Å². The number of nitrogens with zero attached hydrogens (tertiary/aromatic N) is 2. The molecule has 0 spiro atoms. The van der Waals surface area contributed by atoms with Crippen LogP contribution in [0, 0.1) is 0 Å². The number of ether oxygens (including phenoxy) is 1. The Kier molecular flexibility index (Phi) is 3.12. The topological polar surface area (TPSA) is 81.0 Å². The van der Waals surface area contributed by atoms with Crippen molar-refractivity contribution >= 4 is 11.1 Å². The number of nitrogens with one attached hydrogen (secondary N) is 1. The lowest BCUT2D eigenvalue weighted by Gasteiger charge is -2.09. The molecule has 1 N–H and O–H groups in total. The van der Waals surface area contributed by atoms with Crippen molar-refractivity contribution in [1.82, 2.24) is 15.0 Å². The van der Waals surface area contributed by atoms with Crippen LogP contribution in [0.4, 0.5) is 13.2 Å². The van der Waals surface area contributed by atoms with Crippen LogP contribution in [0.5, 0.6) is 5.88 Å². The third-order valence-corrected chi connectivity index (χ3v) is 3.00. The summed E-state index contributed by atoms with van der Waals surface area (Å²) in [5, 5.41) is 0. The Hall–Kier alpha value is -2.84. The molecule has 3 rings (SSSR count). The maximum absolute atomic E-state index is 13.0. The molecule has 0 saturated carbocycles. The average molecular weight is 311 g/mol. The van der Waals surface area contributed by atoms with Gasteiger partial charge in [-0.15, -0.1) is 0 Å². The lowest BCUT2D eigenvalue weighted by Crippen LogP contribution is -2.06. The zero-order chi connectivity index (χ0) is 15.9. The first-order valence-electron chi connectivity index (χ1n) is 5.99. The molecule has 1 aromatic carbocycles.